The van der Waals surface area contributed by atoms with Crippen molar-refractivity contribution in [3.8, 4) is 0 Å². The summed E-state index contributed by atoms with van der Waals surface area (Å²) in [7, 11) is 0. The van der Waals surface area contributed by atoms with Gasteiger partial charge in [0, 0.05) is 30.8 Å². The van der Waals surface area contributed by atoms with Gasteiger partial charge in [0.25, 0.3) is 0 Å². The summed E-state index contributed by atoms with van der Waals surface area (Å²) < 4.78 is 0. The molecule has 0 spiro atoms. The summed E-state index contributed by atoms with van der Waals surface area (Å²) in [4.78, 5) is 35.4. The first-order chi connectivity index (χ1) is 8.45. The molecule has 0 aromatic carbocycles. The van der Waals surface area contributed by atoms with Gasteiger partial charge in [-0.1, -0.05) is 15.9 Å². The lowest BCUT2D eigenvalue weighted by atomic mass is 10.1. The summed E-state index contributed by atoms with van der Waals surface area (Å²) in [5.41, 5.74) is 0. The van der Waals surface area contributed by atoms with E-state index >= 15 is 0 Å². The van der Waals surface area contributed by atoms with E-state index in [2.05, 4.69) is 21.2 Å². The number of carboxylic acids is 1. The number of likely N-dealkylation sites (tertiary alicyclic amines) is 1. The molecule has 0 bridgehead atoms. The van der Waals surface area contributed by atoms with Crippen molar-refractivity contribution in [2.24, 2.45) is 0 Å². The normalized spacial score (nSPS) is 20.9. The smallest absolute Gasteiger partial charge is 0.326 e. The Morgan fingerprint density at radius 3 is 2.72 bits per heavy atom. The first-order valence-electron chi connectivity index (χ1n) is 5.88. The van der Waals surface area contributed by atoms with Crippen LogP contribution in [0.5, 0.6) is 0 Å². The van der Waals surface area contributed by atoms with Crippen molar-refractivity contribution in [2.45, 2.75) is 37.1 Å². The van der Waals surface area contributed by atoms with Gasteiger partial charge in [0.2, 0.25) is 11.8 Å². The number of amides is 2. The highest BCUT2D eigenvalue weighted by molar-refractivity contribution is 9.09. The molecule has 1 aliphatic rings. The molecule has 1 saturated heterocycles. The Hall–Kier alpha value is -1.11. The maximum absolute atomic E-state index is 11.6. The van der Waals surface area contributed by atoms with Crippen LogP contribution in [0, 0.1) is 0 Å². The summed E-state index contributed by atoms with van der Waals surface area (Å²) in [5, 5.41) is 11.7. The number of alkyl halides is 1. The van der Waals surface area contributed by atoms with Gasteiger partial charge < -0.3 is 15.3 Å². The van der Waals surface area contributed by atoms with Gasteiger partial charge in [-0.05, 0) is 13.3 Å². The molecule has 0 aliphatic carbocycles. The summed E-state index contributed by atoms with van der Waals surface area (Å²) in [6, 6.07) is -0.914. The second kappa shape index (κ2) is 6.72. The number of carbonyl (C=O) groups is 3. The first kappa shape index (κ1) is 14.9. The van der Waals surface area contributed by atoms with Gasteiger partial charge in [0.1, 0.15) is 6.04 Å². The van der Waals surface area contributed by atoms with Crippen molar-refractivity contribution in [3.63, 3.8) is 0 Å². The van der Waals surface area contributed by atoms with E-state index in [0.29, 0.717) is 19.5 Å². The van der Waals surface area contributed by atoms with E-state index in [0.717, 1.165) is 0 Å². The van der Waals surface area contributed by atoms with Crippen LogP contribution in [0.3, 0.4) is 0 Å². The Labute approximate surface area is 114 Å². The second-order valence-electron chi connectivity index (χ2n) is 4.19. The Bertz CT molecular complexity index is 348. The largest absolute Gasteiger partial charge is 0.480 e. The number of rotatable bonds is 6. The Morgan fingerprint density at radius 1 is 1.61 bits per heavy atom. The van der Waals surface area contributed by atoms with Crippen LogP contribution in [0.2, 0.25) is 0 Å². The standard InChI is InChI=1S/C11H17BrN2O4/c1-2-13-9(15)4-3-8(11(17)18)14-6-7(12)5-10(14)16/h7-8H,2-6H2,1H3,(H,13,15)(H,17,18)/t7?,8-/m0/s1. The van der Waals surface area contributed by atoms with Crippen molar-refractivity contribution in [2.75, 3.05) is 13.1 Å². The minimum Gasteiger partial charge on any atom is -0.480 e. The third-order valence-electron chi connectivity index (χ3n) is 2.79. The fourth-order valence-corrected chi connectivity index (χ4v) is 2.54. The highest BCUT2D eigenvalue weighted by Crippen LogP contribution is 2.22. The van der Waals surface area contributed by atoms with Gasteiger partial charge in [0.15, 0.2) is 0 Å². The molecule has 1 rings (SSSR count). The predicted octanol–water partition coefficient (Wildman–Crippen LogP) is 0.352. The number of carbonyl (C=O) groups excluding carboxylic acids is 2. The van der Waals surface area contributed by atoms with Crippen LogP contribution < -0.4 is 5.32 Å². The van der Waals surface area contributed by atoms with Crippen molar-refractivity contribution < 1.29 is 19.5 Å². The first-order valence-corrected chi connectivity index (χ1v) is 6.80. The maximum atomic E-state index is 11.6. The molecule has 1 unspecified atom stereocenters. The molecule has 1 aliphatic heterocycles. The number of halogens is 1. The number of aliphatic carboxylic acids is 1. The topological polar surface area (TPSA) is 86.7 Å². The SMILES string of the molecule is CCNC(=O)CC[C@@H](C(=O)O)N1CC(Br)CC1=O. The molecular weight excluding hydrogens is 304 g/mol. The molecule has 2 N–H and O–H groups in total. The van der Waals surface area contributed by atoms with E-state index in [-0.39, 0.29) is 29.5 Å². The van der Waals surface area contributed by atoms with Gasteiger partial charge in [-0.3, -0.25) is 9.59 Å². The molecule has 2 amide bonds. The molecule has 0 radical (unpaired) electrons. The molecule has 2 atom stereocenters. The lowest BCUT2D eigenvalue weighted by molar-refractivity contribution is -0.148. The maximum Gasteiger partial charge on any atom is 0.326 e. The fraction of sp³-hybridized carbons (Fsp3) is 0.727. The van der Waals surface area contributed by atoms with Gasteiger partial charge >= 0.3 is 5.97 Å². The molecule has 1 heterocycles. The third-order valence-corrected chi connectivity index (χ3v) is 3.40. The number of hydrogen-bond donors (Lipinski definition) is 2. The fourth-order valence-electron chi connectivity index (χ4n) is 1.95. The number of hydrogen-bond acceptors (Lipinski definition) is 3. The van der Waals surface area contributed by atoms with E-state index in [1.54, 1.807) is 6.92 Å². The summed E-state index contributed by atoms with van der Waals surface area (Å²) in [5.74, 6) is -1.43. The quantitative estimate of drug-likeness (QED) is 0.691. The zero-order valence-electron chi connectivity index (χ0n) is 10.2. The second-order valence-corrected chi connectivity index (χ2v) is 5.49. The van der Waals surface area contributed by atoms with E-state index in [9.17, 15) is 14.4 Å². The molecule has 7 heteroatoms. The average molecular weight is 321 g/mol. The highest BCUT2D eigenvalue weighted by atomic mass is 79.9. The van der Waals surface area contributed by atoms with Gasteiger partial charge in [-0.15, -0.1) is 0 Å². The summed E-state index contributed by atoms with van der Waals surface area (Å²) in [6.07, 6.45) is 0.569. The number of carboxylic acid groups (broad SMARTS) is 1. The van der Waals surface area contributed by atoms with Crippen molar-refractivity contribution >= 4 is 33.7 Å². The molecule has 0 aromatic rings. The van der Waals surface area contributed by atoms with Crippen molar-refractivity contribution in [3.05, 3.63) is 0 Å². The molecule has 102 valence electrons. The molecule has 6 nitrogen and oxygen atoms in total. The zero-order chi connectivity index (χ0) is 13.7. The van der Waals surface area contributed by atoms with E-state index < -0.39 is 12.0 Å². The minimum atomic E-state index is -1.06. The number of nitrogens with zero attached hydrogens (tertiary/aromatic N) is 1. The Morgan fingerprint density at radius 2 is 2.28 bits per heavy atom. The van der Waals surface area contributed by atoms with Crippen LogP contribution in [-0.2, 0) is 14.4 Å². The van der Waals surface area contributed by atoms with Crippen LogP contribution in [0.25, 0.3) is 0 Å². The van der Waals surface area contributed by atoms with Crippen LogP contribution in [0.15, 0.2) is 0 Å². The lowest BCUT2D eigenvalue weighted by Gasteiger charge is -2.24. The van der Waals surface area contributed by atoms with Gasteiger partial charge in [0.05, 0.1) is 0 Å². The van der Waals surface area contributed by atoms with Crippen molar-refractivity contribution in [1.29, 1.82) is 0 Å². The third kappa shape index (κ3) is 3.97. The van der Waals surface area contributed by atoms with Crippen LogP contribution in [-0.4, -0.2) is 51.7 Å². The molecule has 0 saturated carbocycles. The molecule has 1 fully saturated rings. The lowest BCUT2D eigenvalue weighted by Crippen LogP contribution is -2.43. The van der Waals surface area contributed by atoms with Crippen LogP contribution in [0.4, 0.5) is 0 Å². The van der Waals surface area contributed by atoms with Gasteiger partial charge in [-0.25, -0.2) is 4.79 Å². The van der Waals surface area contributed by atoms with Crippen molar-refractivity contribution in [1.82, 2.24) is 10.2 Å². The van der Waals surface area contributed by atoms with E-state index in [1.165, 1.54) is 4.90 Å². The number of nitrogens with one attached hydrogen (secondary N) is 1. The summed E-state index contributed by atoms with van der Waals surface area (Å²) >= 11 is 3.31. The molecule has 18 heavy (non-hydrogen) atoms. The zero-order valence-corrected chi connectivity index (χ0v) is 11.8. The van der Waals surface area contributed by atoms with Crippen LogP contribution >= 0.6 is 15.9 Å². The predicted molar refractivity (Wildman–Crippen MR) is 68.4 cm³/mol. The molecule has 0 aromatic heterocycles. The summed E-state index contributed by atoms with van der Waals surface area (Å²) in [6.45, 7) is 2.69. The molecular formula is C11H17BrN2O4. The average Bonchev–Trinajstić information content (AvgIpc) is 2.58. The van der Waals surface area contributed by atoms with Crippen LogP contribution in [0.1, 0.15) is 26.2 Å². The minimum absolute atomic E-state index is 0.00341. The highest BCUT2D eigenvalue weighted by Gasteiger charge is 2.36. The van der Waals surface area contributed by atoms with E-state index in [4.69, 9.17) is 5.11 Å². The Kier molecular flexibility index (Phi) is 5.58. The Balaban J connectivity index is 2.58. The van der Waals surface area contributed by atoms with Gasteiger partial charge in [-0.2, -0.15) is 0 Å². The van der Waals surface area contributed by atoms with E-state index in [1.807, 2.05) is 0 Å². The monoisotopic (exact) mass is 320 g/mol.